The Morgan fingerprint density at radius 1 is 1.22 bits per heavy atom. The Morgan fingerprint density at radius 2 is 1.85 bits per heavy atom. The van der Waals surface area contributed by atoms with Crippen molar-refractivity contribution in [2.24, 2.45) is 4.99 Å². The molecule has 2 rings (SSSR count). The summed E-state index contributed by atoms with van der Waals surface area (Å²) in [4.78, 5) is 4.63. The highest BCUT2D eigenvalue weighted by atomic mass is 32.2. The molecule has 1 aromatic rings. The maximum absolute atomic E-state index is 12.4. The minimum Gasteiger partial charge on any atom is -0.381 e. The molecule has 0 saturated carbocycles. The molecule has 1 heterocycles. The molecule has 1 aliphatic heterocycles. The molecule has 152 valence electrons. The predicted octanol–water partition coefficient (Wildman–Crippen LogP) is 2.46. The van der Waals surface area contributed by atoms with Crippen LogP contribution < -0.4 is 10.6 Å². The third-order valence-corrected chi connectivity index (χ3v) is 7.41. The Kier molecular flexibility index (Phi) is 7.68. The summed E-state index contributed by atoms with van der Waals surface area (Å²) in [6.45, 7) is 8.10. The van der Waals surface area contributed by atoms with E-state index in [1.165, 1.54) is 17.4 Å². The van der Waals surface area contributed by atoms with E-state index in [0.29, 0.717) is 38.6 Å². The van der Waals surface area contributed by atoms with Crippen LogP contribution in [0, 0.1) is 0 Å². The van der Waals surface area contributed by atoms with Crippen LogP contribution in [-0.4, -0.2) is 51.7 Å². The Morgan fingerprint density at radius 3 is 2.37 bits per heavy atom. The molecule has 1 saturated heterocycles. The summed E-state index contributed by atoms with van der Waals surface area (Å²) in [6, 6.07) is 8.58. The number of hydrogen-bond donors (Lipinski definition) is 2. The highest BCUT2D eigenvalue weighted by molar-refractivity contribution is 7.92. The first-order chi connectivity index (χ1) is 12.8. The van der Waals surface area contributed by atoms with Gasteiger partial charge in [0.2, 0.25) is 0 Å². The average molecular weight is 396 g/mol. The normalized spacial score (nSPS) is 18.7. The number of hydrogen-bond acceptors (Lipinski definition) is 4. The fourth-order valence-electron chi connectivity index (χ4n) is 3.26. The van der Waals surface area contributed by atoms with E-state index in [0.717, 1.165) is 6.42 Å². The van der Waals surface area contributed by atoms with Gasteiger partial charge in [-0.15, -0.1) is 0 Å². The lowest BCUT2D eigenvalue weighted by molar-refractivity contribution is 0.0768. The lowest BCUT2D eigenvalue weighted by atomic mass is 9.99. The summed E-state index contributed by atoms with van der Waals surface area (Å²) < 4.78 is 29.4. The fourth-order valence-corrected chi connectivity index (χ4v) is 4.47. The van der Waals surface area contributed by atoms with E-state index in [1.54, 1.807) is 0 Å². The van der Waals surface area contributed by atoms with Gasteiger partial charge in [-0.05, 0) is 44.2 Å². The van der Waals surface area contributed by atoms with Crippen molar-refractivity contribution >= 4 is 15.8 Å². The van der Waals surface area contributed by atoms with E-state index in [4.69, 9.17) is 4.74 Å². The van der Waals surface area contributed by atoms with Crippen LogP contribution in [0.2, 0.25) is 0 Å². The molecule has 0 amide bonds. The molecule has 0 aliphatic carbocycles. The van der Waals surface area contributed by atoms with Crippen LogP contribution in [0.3, 0.4) is 0 Å². The van der Waals surface area contributed by atoms with Crippen LogP contribution in [0.25, 0.3) is 0 Å². The molecule has 2 N–H and O–H groups in total. The summed E-state index contributed by atoms with van der Waals surface area (Å²) >= 11 is 0. The highest BCUT2D eigenvalue weighted by Crippen LogP contribution is 2.29. The van der Waals surface area contributed by atoms with E-state index < -0.39 is 14.6 Å². The van der Waals surface area contributed by atoms with Gasteiger partial charge >= 0.3 is 0 Å². The molecule has 7 heteroatoms. The van der Waals surface area contributed by atoms with E-state index in [1.807, 2.05) is 6.92 Å². The maximum atomic E-state index is 12.4. The highest BCUT2D eigenvalue weighted by Gasteiger charge is 2.42. The number of rotatable bonds is 7. The zero-order valence-corrected chi connectivity index (χ0v) is 17.7. The molecule has 0 radical (unpaired) electrons. The number of aryl methyl sites for hydroxylation is 1. The Hall–Kier alpha value is -1.60. The molecule has 1 unspecified atom stereocenters. The summed E-state index contributed by atoms with van der Waals surface area (Å²) in [6.07, 6.45) is 3.31. The maximum Gasteiger partial charge on any atom is 0.191 e. The van der Waals surface area contributed by atoms with Crippen molar-refractivity contribution in [3.63, 3.8) is 0 Å². The lowest BCUT2D eigenvalue weighted by Gasteiger charge is -2.34. The molecule has 6 nitrogen and oxygen atoms in total. The first-order valence-electron chi connectivity index (χ1n) is 9.72. The van der Waals surface area contributed by atoms with Crippen LogP contribution in [0.5, 0.6) is 0 Å². The molecule has 0 aromatic heterocycles. The standard InChI is InChI=1S/C20H33N3O3S/c1-5-17-7-9-18(10-8-17)16(3)23-19(21-6-2)22-15-20(27(4,24)25)11-13-26-14-12-20/h7-10,16H,5-6,11-15H2,1-4H3,(H2,21,22,23). The molecule has 1 atom stereocenters. The van der Waals surface area contributed by atoms with Crippen molar-refractivity contribution in [3.05, 3.63) is 35.4 Å². The van der Waals surface area contributed by atoms with E-state index in [2.05, 4.69) is 53.7 Å². The van der Waals surface area contributed by atoms with Crippen molar-refractivity contribution in [2.45, 2.75) is 50.8 Å². The van der Waals surface area contributed by atoms with Crippen molar-refractivity contribution < 1.29 is 13.2 Å². The number of nitrogens with one attached hydrogen (secondary N) is 2. The van der Waals surface area contributed by atoms with Crippen LogP contribution >= 0.6 is 0 Å². The second kappa shape index (κ2) is 9.55. The van der Waals surface area contributed by atoms with Gasteiger partial charge < -0.3 is 15.4 Å². The molecule has 27 heavy (non-hydrogen) atoms. The molecule has 1 fully saturated rings. The minimum absolute atomic E-state index is 0.0672. The summed E-state index contributed by atoms with van der Waals surface area (Å²) in [5.41, 5.74) is 2.47. The Bertz CT molecular complexity index is 723. The number of aliphatic imine (C=N–C) groups is 1. The number of guanidine groups is 1. The second-order valence-corrected chi connectivity index (χ2v) is 9.63. The largest absolute Gasteiger partial charge is 0.381 e. The quantitative estimate of drug-likeness (QED) is 0.548. The summed E-state index contributed by atoms with van der Waals surface area (Å²) in [7, 11) is -3.23. The van der Waals surface area contributed by atoms with Gasteiger partial charge in [-0.3, -0.25) is 4.99 Å². The van der Waals surface area contributed by atoms with Gasteiger partial charge in [0.25, 0.3) is 0 Å². The van der Waals surface area contributed by atoms with Gasteiger partial charge in [-0.25, -0.2) is 8.42 Å². The first-order valence-corrected chi connectivity index (χ1v) is 11.6. The van der Waals surface area contributed by atoms with Crippen molar-refractivity contribution in [2.75, 3.05) is 32.6 Å². The van der Waals surface area contributed by atoms with Gasteiger partial charge in [0, 0.05) is 26.0 Å². The predicted molar refractivity (Wildman–Crippen MR) is 111 cm³/mol. The summed E-state index contributed by atoms with van der Waals surface area (Å²) in [5.74, 6) is 0.638. The zero-order valence-electron chi connectivity index (χ0n) is 16.9. The minimum atomic E-state index is -3.23. The molecule has 0 spiro atoms. The van der Waals surface area contributed by atoms with Gasteiger partial charge in [0.05, 0.1) is 17.3 Å². The van der Waals surface area contributed by atoms with Crippen LogP contribution in [0.1, 0.15) is 50.8 Å². The molecule has 1 aromatic carbocycles. The number of ether oxygens (including phenoxy) is 1. The second-order valence-electron chi connectivity index (χ2n) is 7.22. The Balaban J connectivity index is 2.14. The SMILES string of the molecule is CCNC(=NCC1(S(C)(=O)=O)CCOCC1)NC(C)c1ccc(CC)cc1. The number of sulfone groups is 1. The van der Waals surface area contributed by atoms with Gasteiger partial charge in [0.1, 0.15) is 0 Å². The third kappa shape index (κ3) is 5.69. The van der Waals surface area contributed by atoms with Gasteiger partial charge in [-0.1, -0.05) is 31.2 Å². The van der Waals surface area contributed by atoms with Crippen molar-refractivity contribution in [1.29, 1.82) is 0 Å². The third-order valence-electron chi connectivity index (χ3n) is 5.30. The molecular formula is C20H33N3O3S. The van der Waals surface area contributed by atoms with Crippen LogP contribution in [-0.2, 0) is 21.0 Å². The van der Waals surface area contributed by atoms with Crippen LogP contribution in [0.15, 0.2) is 29.3 Å². The van der Waals surface area contributed by atoms with E-state index >= 15 is 0 Å². The van der Waals surface area contributed by atoms with E-state index in [-0.39, 0.29) is 12.6 Å². The van der Waals surface area contributed by atoms with Crippen molar-refractivity contribution in [3.8, 4) is 0 Å². The van der Waals surface area contributed by atoms with Crippen LogP contribution in [0.4, 0.5) is 0 Å². The molecule has 1 aliphatic rings. The molecular weight excluding hydrogens is 362 g/mol. The number of nitrogens with zero attached hydrogens (tertiary/aromatic N) is 1. The monoisotopic (exact) mass is 395 g/mol. The average Bonchev–Trinajstić information content (AvgIpc) is 2.66. The molecule has 0 bridgehead atoms. The topological polar surface area (TPSA) is 79.8 Å². The first kappa shape index (κ1) is 21.7. The lowest BCUT2D eigenvalue weighted by Crippen LogP contribution is -2.47. The zero-order chi connectivity index (χ0) is 19.9. The fraction of sp³-hybridized carbons (Fsp3) is 0.650. The van der Waals surface area contributed by atoms with Gasteiger partial charge in [-0.2, -0.15) is 0 Å². The van der Waals surface area contributed by atoms with E-state index in [9.17, 15) is 8.42 Å². The Labute approximate surface area is 163 Å². The summed E-state index contributed by atoms with van der Waals surface area (Å²) in [5, 5.41) is 6.62. The number of benzene rings is 1. The smallest absolute Gasteiger partial charge is 0.191 e. The van der Waals surface area contributed by atoms with Crippen molar-refractivity contribution in [1.82, 2.24) is 10.6 Å². The van der Waals surface area contributed by atoms with Gasteiger partial charge in [0.15, 0.2) is 15.8 Å².